The van der Waals surface area contributed by atoms with Gasteiger partial charge in [0.2, 0.25) is 0 Å². The number of aliphatic hydroxyl groups is 1. The number of hydrogen-bond acceptors (Lipinski definition) is 3. The molecule has 0 bridgehead atoms. The van der Waals surface area contributed by atoms with Crippen molar-refractivity contribution in [2.75, 3.05) is 0 Å². The van der Waals surface area contributed by atoms with Crippen LogP contribution in [-0.2, 0) is 0 Å². The standard InChI is InChI=1S/C16H16ClFN2O2/c1-9-13(7-8-14(17)19-9)16(22)20-10(2)15(21)11-3-5-12(18)6-4-11/h3-8,10,15,21H,1-2H3,(H,20,22). The summed E-state index contributed by atoms with van der Waals surface area (Å²) < 4.78 is 12.9. The topological polar surface area (TPSA) is 62.2 Å². The largest absolute Gasteiger partial charge is 0.386 e. The van der Waals surface area contributed by atoms with E-state index in [2.05, 4.69) is 10.3 Å². The molecular weight excluding hydrogens is 307 g/mol. The maximum absolute atomic E-state index is 12.9. The van der Waals surface area contributed by atoms with E-state index in [-0.39, 0.29) is 11.7 Å². The van der Waals surface area contributed by atoms with Crippen LogP contribution in [0.4, 0.5) is 4.39 Å². The molecule has 2 rings (SSSR count). The van der Waals surface area contributed by atoms with Crippen molar-refractivity contribution < 1.29 is 14.3 Å². The summed E-state index contributed by atoms with van der Waals surface area (Å²) in [5.74, 6) is -0.731. The zero-order valence-electron chi connectivity index (χ0n) is 12.2. The summed E-state index contributed by atoms with van der Waals surface area (Å²) in [5, 5.41) is 13.2. The number of aliphatic hydroxyl groups excluding tert-OH is 1. The lowest BCUT2D eigenvalue weighted by molar-refractivity contribution is 0.0851. The second kappa shape index (κ2) is 6.85. The van der Waals surface area contributed by atoms with Crippen LogP contribution in [0, 0.1) is 12.7 Å². The first kappa shape index (κ1) is 16.4. The smallest absolute Gasteiger partial charge is 0.253 e. The third-order valence-electron chi connectivity index (χ3n) is 3.34. The number of nitrogens with one attached hydrogen (secondary N) is 1. The van der Waals surface area contributed by atoms with Gasteiger partial charge in [-0.25, -0.2) is 9.37 Å². The highest BCUT2D eigenvalue weighted by Crippen LogP contribution is 2.18. The number of aryl methyl sites for hydroxylation is 1. The van der Waals surface area contributed by atoms with Crippen molar-refractivity contribution in [2.24, 2.45) is 0 Å². The fraction of sp³-hybridized carbons (Fsp3) is 0.250. The average molecular weight is 323 g/mol. The van der Waals surface area contributed by atoms with Gasteiger partial charge in [-0.1, -0.05) is 23.7 Å². The molecule has 2 N–H and O–H groups in total. The Morgan fingerprint density at radius 3 is 2.50 bits per heavy atom. The quantitative estimate of drug-likeness (QED) is 0.850. The van der Waals surface area contributed by atoms with Crippen LogP contribution in [0.3, 0.4) is 0 Å². The van der Waals surface area contributed by atoms with Crippen LogP contribution >= 0.6 is 11.6 Å². The predicted octanol–water partition coefficient (Wildman–Crippen LogP) is 3.03. The number of aromatic nitrogens is 1. The SMILES string of the molecule is Cc1nc(Cl)ccc1C(=O)NC(C)C(O)c1ccc(F)cc1. The molecule has 1 aromatic carbocycles. The van der Waals surface area contributed by atoms with Crippen molar-refractivity contribution in [2.45, 2.75) is 26.0 Å². The maximum Gasteiger partial charge on any atom is 0.253 e. The summed E-state index contributed by atoms with van der Waals surface area (Å²) in [6, 6.07) is 8.06. The number of pyridine rings is 1. The van der Waals surface area contributed by atoms with Crippen molar-refractivity contribution in [1.29, 1.82) is 0 Å². The minimum Gasteiger partial charge on any atom is -0.386 e. The highest BCUT2D eigenvalue weighted by Gasteiger charge is 2.20. The first-order valence-corrected chi connectivity index (χ1v) is 7.14. The second-order valence-corrected chi connectivity index (χ2v) is 5.41. The minimum atomic E-state index is -0.940. The van der Waals surface area contributed by atoms with Crippen molar-refractivity contribution in [3.05, 3.63) is 64.2 Å². The highest BCUT2D eigenvalue weighted by molar-refractivity contribution is 6.29. The van der Waals surface area contributed by atoms with Crippen LogP contribution in [0.15, 0.2) is 36.4 Å². The van der Waals surface area contributed by atoms with E-state index in [4.69, 9.17) is 11.6 Å². The van der Waals surface area contributed by atoms with Crippen LogP contribution < -0.4 is 5.32 Å². The second-order valence-electron chi connectivity index (χ2n) is 5.03. The number of carbonyl (C=O) groups excluding carboxylic acids is 1. The van der Waals surface area contributed by atoms with Crippen molar-refractivity contribution in [3.8, 4) is 0 Å². The van der Waals surface area contributed by atoms with Gasteiger partial charge < -0.3 is 10.4 Å². The fourth-order valence-electron chi connectivity index (χ4n) is 2.08. The molecule has 0 fully saturated rings. The van der Waals surface area contributed by atoms with Crippen LogP contribution in [0.5, 0.6) is 0 Å². The third-order valence-corrected chi connectivity index (χ3v) is 3.55. The molecule has 4 nitrogen and oxygen atoms in total. The van der Waals surface area contributed by atoms with E-state index in [0.29, 0.717) is 22.0 Å². The number of carbonyl (C=O) groups is 1. The summed E-state index contributed by atoms with van der Waals surface area (Å²) >= 11 is 5.76. The van der Waals surface area contributed by atoms with E-state index < -0.39 is 12.1 Å². The first-order valence-electron chi connectivity index (χ1n) is 6.76. The molecule has 116 valence electrons. The van der Waals surface area contributed by atoms with Gasteiger partial charge in [-0.2, -0.15) is 0 Å². The van der Waals surface area contributed by atoms with Crippen molar-refractivity contribution >= 4 is 17.5 Å². The summed E-state index contributed by atoms with van der Waals surface area (Å²) in [4.78, 5) is 16.2. The Hall–Kier alpha value is -1.98. The Morgan fingerprint density at radius 2 is 1.91 bits per heavy atom. The van der Waals surface area contributed by atoms with Gasteiger partial charge in [-0.15, -0.1) is 0 Å². The van der Waals surface area contributed by atoms with Gasteiger partial charge in [0.05, 0.1) is 23.4 Å². The lowest BCUT2D eigenvalue weighted by atomic mass is 10.0. The lowest BCUT2D eigenvalue weighted by Gasteiger charge is -2.21. The van der Waals surface area contributed by atoms with E-state index in [1.807, 2.05) is 0 Å². The maximum atomic E-state index is 12.9. The third kappa shape index (κ3) is 3.81. The number of amides is 1. The number of rotatable bonds is 4. The number of benzene rings is 1. The molecule has 6 heteroatoms. The van der Waals surface area contributed by atoms with Crippen molar-refractivity contribution in [1.82, 2.24) is 10.3 Å². The summed E-state index contributed by atoms with van der Waals surface area (Å²) in [6.45, 7) is 3.35. The van der Waals surface area contributed by atoms with Gasteiger partial charge >= 0.3 is 0 Å². The first-order chi connectivity index (χ1) is 10.4. The Labute approximate surface area is 133 Å². The molecule has 0 aliphatic rings. The van der Waals surface area contributed by atoms with Gasteiger partial charge in [0.1, 0.15) is 11.0 Å². The molecule has 0 spiro atoms. The van der Waals surface area contributed by atoms with Gasteiger partial charge in [0.15, 0.2) is 0 Å². The zero-order valence-corrected chi connectivity index (χ0v) is 12.9. The van der Waals surface area contributed by atoms with Crippen LogP contribution in [-0.4, -0.2) is 22.0 Å². The Balaban J connectivity index is 2.08. The minimum absolute atomic E-state index is 0.313. The summed E-state index contributed by atoms with van der Waals surface area (Å²) in [6.07, 6.45) is -0.940. The Morgan fingerprint density at radius 1 is 1.27 bits per heavy atom. The number of hydrogen-bond donors (Lipinski definition) is 2. The van der Waals surface area contributed by atoms with Gasteiger partial charge in [0.25, 0.3) is 5.91 Å². The molecule has 0 saturated carbocycles. The molecule has 2 aromatic rings. The number of nitrogens with zero attached hydrogens (tertiary/aromatic N) is 1. The molecule has 1 heterocycles. The van der Waals surface area contributed by atoms with Gasteiger partial charge in [0, 0.05) is 0 Å². The Bertz CT molecular complexity index is 676. The molecule has 0 radical (unpaired) electrons. The van der Waals surface area contributed by atoms with Crippen molar-refractivity contribution in [3.63, 3.8) is 0 Å². The van der Waals surface area contributed by atoms with E-state index in [1.54, 1.807) is 19.9 Å². The monoisotopic (exact) mass is 322 g/mol. The van der Waals surface area contributed by atoms with E-state index in [1.165, 1.54) is 30.3 Å². The number of halogens is 2. The highest BCUT2D eigenvalue weighted by atomic mass is 35.5. The predicted molar refractivity (Wildman–Crippen MR) is 82.3 cm³/mol. The van der Waals surface area contributed by atoms with Crippen LogP contribution in [0.1, 0.15) is 34.6 Å². The van der Waals surface area contributed by atoms with E-state index >= 15 is 0 Å². The van der Waals surface area contributed by atoms with Crippen LogP contribution in [0.25, 0.3) is 0 Å². The molecule has 2 atom stereocenters. The molecule has 1 aromatic heterocycles. The normalized spacial score (nSPS) is 13.5. The molecule has 0 aliphatic heterocycles. The summed E-state index contributed by atoms with van der Waals surface area (Å²) in [7, 11) is 0. The molecule has 0 aliphatic carbocycles. The zero-order chi connectivity index (χ0) is 16.3. The summed E-state index contributed by atoms with van der Waals surface area (Å²) in [5.41, 5.74) is 1.43. The van der Waals surface area contributed by atoms with Gasteiger partial charge in [-0.3, -0.25) is 4.79 Å². The molecule has 22 heavy (non-hydrogen) atoms. The average Bonchev–Trinajstić information content (AvgIpc) is 2.47. The van der Waals surface area contributed by atoms with Gasteiger partial charge in [-0.05, 0) is 43.7 Å². The molecular formula is C16H16ClFN2O2. The molecule has 2 unspecified atom stereocenters. The lowest BCUT2D eigenvalue weighted by Crippen LogP contribution is -2.37. The van der Waals surface area contributed by atoms with E-state index in [0.717, 1.165) is 0 Å². The van der Waals surface area contributed by atoms with E-state index in [9.17, 15) is 14.3 Å². The molecule has 1 amide bonds. The Kier molecular flexibility index (Phi) is 5.11. The fourth-order valence-corrected chi connectivity index (χ4v) is 2.27. The van der Waals surface area contributed by atoms with Crippen LogP contribution in [0.2, 0.25) is 5.15 Å². The molecule has 0 saturated heterocycles.